The van der Waals surface area contributed by atoms with E-state index in [-0.39, 0.29) is 24.3 Å². The predicted molar refractivity (Wildman–Crippen MR) is 117 cm³/mol. The van der Waals surface area contributed by atoms with Gasteiger partial charge in [-0.2, -0.15) is 0 Å². The molecule has 1 aromatic heterocycles. The second kappa shape index (κ2) is 9.86. The molecule has 1 aliphatic carbocycles. The summed E-state index contributed by atoms with van der Waals surface area (Å²) in [4.78, 5) is 38.5. The molecule has 0 bridgehead atoms. The maximum atomic E-state index is 12.6. The average Bonchev–Trinajstić information content (AvgIpc) is 3.48. The van der Waals surface area contributed by atoms with Gasteiger partial charge in [-0.1, -0.05) is 12.1 Å². The van der Waals surface area contributed by atoms with Gasteiger partial charge in [0, 0.05) is 19.2 Å². The van der Waals surface area contributed by atoms with Crippen molar-refractivity contribution in [3.63, 3.8) is 0 Å². The van der Waals surface area contributed by atoms with Crippen LogP contribution in [0.5, 0.6) is 0 Å². The molecule has 1 saturated carbocycles. The lowest BCUT2D eigenvalue weighted by Crippen LogP contribution is -2.30. The van der Waals surface area contributed by atoms with Crippen molar-refractivity contribution in [2.75, 3.05) is 32.6 Å². The van der Waals surface area contributed by atoms with Gasteiger partial charge in [0.05, 0.1) is 18.7 Å². The lowest BCUT2D eigenvalue weighted by molar-refractivity contribution is -0.117. The molecule has 0 saturated heterocycles. The summed E-state index contributed by atoms with van der Waals surface area (Å²) in [5, 5.41) is 7.99. The van der Waals surface area contributed by atoms with E-state index in [1.165, 1.54) is 11.3 Å². The molecule has 30 heavy (non-hydrogen) atoms. The Bertz CT molecular complexity index is 919. The molecule has 2 aromatic rings. The Morgan fingerprint density at radius 2 is 1.90 bits per heavy atom. The van der Waals surface area contributed by atoms with Crippen LogP contribution < -0.4 is 10.6 Å². The van der Waals surface area contributed by atoms with E-state index >= 15 is 0 Å². The molecule has 0 unspecified atom stereocenters. The van der Waals surface area contributed by atoms with E-state index < -0.39 is 0 Å². The maximum absolute atomic E-state index is 12.6. The summed E-state index contributed by atoms with van der Waals surface area (Å²) >= 11 is 1.38. The highest BCUT2D eigenvalue weighted by molar-refractivity contribution is 7.15. The zero-order chi connectivity index (χ0) is 21.7. The molecule has 2 amide bonds. The van der Waals surface area contributed by atoms with Gasteiger partial charge >= 0.3 is 5.97 Å². The lowest BCUT2D eigenvalue weighted by atomic mass is 10.1. The van der Waals surface area contributed by atoms with Gasteiger partial charge in [0.15, 0.2) is 0 Å². The maximum Gasteiger partial charge on any atom is 0.341 e. The van der Waals surface area contributed by atoms with E-state index in [0.717, 1.165) is 24.0 Å². The van der Waals surface area contributed by atoms with E-state index in [9.17, 15) is 14.4 Å². The molecule has 0 radical (unpaired) electrons. The van der Waals surface area contributed by atoms with Gasteiger partial charge in [0.25, 0.3) is 5.91 Å². The van der Waals surface area contributed by atoms with E-state index in [1.807, 2.05) is 29.5 Å². The molecular weight excluding hydrogens is 402 g/mol. The van der Waals surface area contributed by atoms with Gasteiger partial charge in [0.2, 0.25) is 5.91 Å². The highest BCUT2D eigenvalue weighted by atomic mass is 32.1. The Morgan fingerprint density at radius 3 is 2.50 bits per heavy atom. The molecule has 0 aliphatic heterocycles. The van der Waals surface area contributed by atoms with Crippen molar-refractivity contribution >= 4 is 34.1 Å². The summed E-state index contributed by atoms with van der Waals surface area (Å²) < 4.78 is 5.20. The third-order valence-electron chi connectivity index (χ3n) is 4.88. The molecule has 0 spiro atoms. The fourth-order valence-electron chi connectivity index (χ4n) is 3.26. The number of carbonyl (C=O) groups excluding carboxylic acids is 3. The van der Waals surface area contributed by atoms with Crippen molar-refractivity contribution in [1.82, 2.24) is 10.2 Å². The second-order valence-electron chi connectivity index (χ2n) is 7.39. The van der Waals surface area contributed by atoms with Crippen molar-refractivity contribution in [1.29, 1.82) is 0 Å². The molecule has 3 rings (SSSR count). The minimum Gasteiger partial charge on any atom is -0.462 e. The number of esters is 1. The second-order valence-corrected chi connectivity index (χ2v) is 8.27. The first-order valence-electron chi connectivity index (χ1n) is 10.0. The molecule has 1 aromatic carbocycles. The van der Waals surface area contributed by atoms with Crippen LogP contribution in [0.15, 0.2) is 29.6 Å². The summed E-state index contributed by atoms with van der Waals surface area (Å²) in [5.74, 6) is -0.297. The first-order valence-corrected chi connectivity index (χ1v) is 10.9. The summed E-state index contributed by atoms with van der Waals surface area (Å²) in [6.07, 6.45) is 2.13. The van der Waals surface area contributed by atoms with Gasteiger partial charge in [-0.15, -0.1) is 11.3 Å². The summed E-state index contributed by atoms with van der Waals surface area (Å²) in [6, 6.07) is 7.27. The van der Waals surface area contributed by atoms with E-state index in [1.54, 1.807) is 26.1 Å². The number of ether oxygens (including phenoxy) is 1. The summed E-state index contributed by atoms with van der Waals surface area (Å²) in [5.41, 5.74) is 3.08. The number of nitrogens with one attached hydrogen (secondary N) is 2. The third kappa shape index (κ3) is 5.46. The van der Waals surface area contributed by atoms with Crippen molar-refractivity contribution < 1.29 is 19.1 Å². The van der Waals surface area contributed by atoms with Gasteiger partial charge in [-0.25, -0.2) is 4.79 Å². The number of benzene rings is 1. The monoisotopic (exact) mass is 429 g/mol. The van der Waals surface area contributed by atoms with Gasteiger partial charge in [-0.05, 0) is 61.4 Å². The lowest BCUT2D eigenvalue weighted by Gasteiger charge is -2.16. The number of rotatable bonds is 9. The van der Waals surface area contributed by atoms with Crippen molar-refractivity contribution in [3.8, 4) is 0 Å². The fraction of sp³-hybridized carbons (Fsp3) is 0.409. The number of amides is 2. The van der Waals surface area contributed by atoms with Crippen LogP contribution in [-0.4, -0.2) is 49.9 Å². The number of anilines is 1. The standard InChI is InChI=1S/C22H27N3O4S/c1-4-29-22(28)19-17(15-9-10-15)13-30-21(19)24-18(26)12-25(3)11-14-5-7-16(8-6-14)20(27)23-2/h5-8,13,15H,4,9-12H2,1-3H3,(H,23,27)(H,24,26). The number of thiophene rings is 1. The van der Waals surface area contributed by atoms with Crippen LogP contribution in [0.1, 0.15) is 57.5 Å². The minimum absolute atomic E-state index is 0.131. The Kier molecular flexibility index (Phi) is 7.23. The highest BCUT2D eigenvalue weighted by Crippen LogP contribution is 2.46. The molecular formula is C22H27N3O4S. The van der Waals surface area contributed by atoms with E-state index in [4.69, 9.17) is 4.74 Å². The summed E-state index contributed by atoms with van der Waals surface area (Å²) in [6.45, 7) is 2.81. The van der Waals surface area contributed by atoms with Gasteiger partial charge < -0.3 is 15.4 Å². The van der Waals surface area contributed by atoms with Gasteiger partial charge in [0.1, 0.15) is 5.00 Å². The Balaban J connectivity index is 1.60. The number of hydrogen-bond donors (Lipinski definition) is 2. The molecule has 1 heterocycles. The van der Waals surface area contributed by atoms with Crippen LogP contribution in [0.3, 0.4) is 0 Å². The fourth-order valence-corrected chi connectivity index (χ4v) is 4.30. The third-order valence-corrected chi connectivity index (χ3v) is 5.79. The number of likely N-dealkylation sites (N-methyl/N-ethyl adjacent to an activating group) is 1. The van der Waals surface area contributed by atoms with E-state index in [2.05, 4.69) is 10.6 Å². The molecule has 160 valence electrons. The highest BCUT2D eigenvalue weighted by Gasteiger charge is 2.32. The van der Waals surface area contributed by atoms with Gasteiger partial charge in [-0.3, -0.25) is 14.5 Å². The topological polar surface area (TPSA) is 87.7 Å². The predicted octanol–water partition coefficient (Wildman–Crippen LogP) is 3.23. The number of nitrogens with zero attached hydrogens (tertiary/aromatic N) is 1. The Hall–Kier alpha value is -2.71. The van der Waals surface area contributed by atoms with Crippen molar-refractivity contribution in [3.05, 3.63) is 51.9 Å². The number of hydrogen-bond acceptors (Lipinski definition) is 6. The molecule has 0 atom stereocenters. The first-order chi connectivity index (χ1) is 14.4. The quantitative estimate of drug-likeness (QED) is 0.598. The van der Waals surface area contributed by atoms with Crippen LogP contribution in [0, 0.1) is 0 Å². The Morgan fingerprint density at radius 1 is 1.20 bits per heavy atom. The normalized spacial score (nSPS) is 13.2. The number of carbonyl (C=O) groups is 3. The van der Waals surface area contributed by atoms with E-state index in [0.29, 0.717) is 35.2 Å². The zero-order valence-electron chi connectivity index (χ0n) is 17.5. The molecule has 8 heteroatoms. The van der Waals surface area contributed by atoms with Crippen molar-refractivity contribution in [2.45, 2.75) is 32.2 Å². The van der Waals surface area contributed by atoms with Crippen molar-refractivity contribution in [2.24, 2.45) is 0 Å². The van der Waals surface area contributed by atoms with Crippen LogP contribution in [-0.2, 0) is 16.1 Å². The van der Waals surface area contributed by atoms with Crippen LogP contribution in [0.4, 0.5) is 5.00 Å². The smallest absolute Gasteiger partial charge is 0.341 e. The minimum atomic E-state index is -0.375. The Labute approximate surface area is 180 Å². The largest absolute Gasteiger partial charge is 0.462 e. The van der Waals surface area contributed by atoms with Crippen LogP contribution in [0.25, 0.3) is 0 Å². The van der Waals surface area contributed by atoms with Crippen LogP contribution in [0.2, 0.25) is 0 Å². The van der Waals surface area contributed by atoms with Crippen LogP contribution >= 0.6 is 11.3 Å². The SMILES string of the molecule is CCOC(=O)c1c(C2CC2)csc1NC(=O)CN(C)Cc1ccc(C(=O)NC)cc1. The molecule has 1 aliphatic rings. The molecule has 1 fully saturated rings. The molecule has 7 nitrogen and oxygen atoms in total. The first kappa shape index (κ1) is 22.0. The zero-order valence-corrected chi connectivity index (χ0v) is 18.3. The molecule has 2 N–H and O–H groups in total. The summed E-state index contributed by atoms with van der Waals surface area (Å²) in [7, 11) is 3.44. The average molecular weight is 430 g/mol.